The Morgan fingerprint density at radius 1 is 1.36 bits per heavy atom. The van der Waals surface area contributed by atoms with Crippen LogP contribution in [0.15, 0.2) is 6.07 Å². The van der Waals surface area contributed by atoms with E-state index in [1.54, 1.807) is 6.92 Å². The van der Waals surface area contributed by atoms with Crippen molar-refractivity contribution in [1.29, 1.82) is 0 Å². The van der Waals surface area contributed by atoms with Gasteiger partial charge in [-0.15, -0.1) is 0 Å². The van der Waals surface area contributed by atoms with Crippen molar-refractivity contribution >= 4 is 11.6 Å². The molecule has 1 aromatic carbocycles. The van der Waals surface area contributed by atoms with Crippen molar-refractivity contribution in [3.63, 3.8) is 0 Å². The fourth-order valence-electron chi connectivity index (χ4n) is 1.45. The van der Waals surface area contributed by atoms with Crippen molar-refractivity contribution in [2.75, 3.05) is 0 Å². The number of aryl methyl sites for hydroxylation is 1. The smallest absolute Gasteiger partial charge is 0.149 e. The van der Waals surface area contributed by atoms with E-state index in [4.69, 9.17) is 11.6 Å². The van der Waals surface area contributed by atoms with Crippen LogP contribution in [0.25, 0.3) is 0 Å². The molecule has 0 bridgehead atoms. The summed E-state index contributed by atoms with van der Waals surface area (Å²) in [6.07, 6.45) is 0. The maximum absolute atomic E-state index is 13.7. The minimum atomic E-state index is -0.517. The predicted molar refractivity (Wildman–Crippen MR) is 56.5 cm³/mol. The van der Waals surface area contributed by atoms with Gasteiger partial charge in [-0.2, -0.15) is 0 Å². The first-order chi connectivity index (χ1) is 6.25. The molecule has 0 amide bonds. The van der Waals surface area contributed by atoms with Crippen LogP contribution >= 0.6 is 11.6 Å². The Morgan fingerprint density at radius 3 is 2.29 bits per heavy atom. The Labute approximate surface area is 88.5 Å². The molecule has 0 saturated heterocycles. The highest BCUT2D eigenvalue weighted by molar-refractivity contribution is 6.31. The molecule has 1 rings (SSSR count). The van der Waals surface area contributed by atoms with Gasteiger partial charge in [0, 0.05) is 5.56 Å². The number of phenolic OH excluding ortho intramolecular Hbond substituents is 1. The highest BCUT2D eigenvalue weighted by Crippen LogP contribution is 2.37. The van der Waals surface area contributed by atoms with Gasteiger partial charge in [0.2, 0.25) is 0 Å². The van der Waals surface area contributed by atoms with E-state index in [9.17, 15) is 9.50 Å². The summed E-state index contributed by atoms with van der Waals surface area (Å²) in [6, 6.07) is 1.49. The fraction of sp³-hybridized carbons (Fsp3) is 0.455. The topological polar surface area (TPSA) is 20.2 Å². The quantitative estimate of drug-likeness (QED) is 0.700. The van der Waals surface area contributed by atoms with Gasteiger partial charge >= 0.3 is 0 Å². The molecule has 1 aromatic rings. The maximum atomic E-state index is 13.7. The summed E-state index contributed by atoms with van der Waals surface area (Å²) in [5.41, 5.74) is 0.369. The van der Waals surface area contributed by atoms with Crippen molar-refractivity contribution in [2.24, 2.45) is 0 Å². The van der Waals surface area contributed by atoms with Crippen LogP contribution in [0.5, 0.6) is 5.75 Å². The van der Waals surface area contributed by atoms with Crippen LogP contribution in [0, 0.1) is 12.7 Å². The molecular formula is C11H14ClFO. The van der Waals surface area contributed by atoms with E-state index < -0.39 is 11.2 Å². The molecule has 78 valence electrons. The molecule has 1 nitrogen and oxygen atoms in total. The average Bonchev–Trinajstić information content (AvgIpc) is 1.97. The molecule has 0 aromatic heterocycles. The van der Waals surface area contributed by atoms with Crippen LogP contribution in [0.1, 0.15) is 31.9 Å². The summed E-state index contributed by atoms with van der Waals surface area (Å²) in [6.45, 7) is 7.15. The zero-order valence-corrected chi connectivity index (χ0v) is 9.54. The van der Waals surface area contributed by atoms with Crippen molar-refractivity contribution in [1.82, 2.24) is 0 Å². The van der Waals surface area contributed by atoms with Crippen LogP contribution in [-0.2, 0) is 5.41 Å². The molecular weight excluding hydrogens is 203 g/mol. The minimum Gasteiger partial charge on any atom is -0.508 e. The summed E-state index contributed by atoms with van der Waals surface area (Å²) in [7, 11) is 0. The lowest BCUT2D eigenvalue weighted by molar-refractivity contribution is 0.428. The van der Waals surface area contributed by atoms with Crippen molar-refractivity contribution in [3.05, 3.63) is 28.0 Å². The molecule has 0 aliphatic rings. The maximum Gasteiger partial charge on any atom is 0.149 e. The summed E-state index contributed by atoms with van der Waals surface area (Å²) < 4.78 is 13.7. The number of rotatable bonds is 0. The van der Waals surface area contributed by atoms with Crippen LogP contribution in [0.4, 0.5) is 4.39 Å². The third-order valence-electron chi connectivity index (χ3n) is 2.12. The monoisotopic (exact) mass is 216 g/mol. The highest BCUT2D eigenvalue weighted by atomic mass is 35.5. The van der Waals surface area contributed by atoms with Crippen LogP contribution in [0.3, 0.4) is 0 Å². The molecule has 0 heterocycles. The van der Waals surface area contributed by atoms with Crippen molar-refractivity contribution in [3.8, 4) is 5.75 Å². The Morgan fingerprint density at radius 2 is 1.86 bits per heavy atom. The van der Waals surface area contributed by atoms with Gasteiger partial charge in [0.1, 0.15) is 11.6 Å². The Bertz CT molecular complexity index is 367. The summed E-state index contributed by atoms with van der Waals surface area (Å²) in [4.78, 5) is 0. The molecule has 0 aliphatic heterocycles. The molecule has 0 atom stereocenters. The molecule has 14 heavy (non-hydrogen) atoms. The van der Waals surface area contributed by atoms with Crippen molar-refractivity contribution < 1.29 is 9.50 Å². The van der Waals surface area contributed by atoms with E-state index in [1.165, 1.54) is 6.07 Å². The first-order valence-electron chi connectivity index (χ1n) is 4.43. The van der Waals surface area contributed by atoms with Gasteiger partial charge < -0.3 is 5.11 Å². The second-order valence-corrected chi connectivity index (χ2v) is 4.84. The molecule has 1 N–H and O–H groups in total. The van der Waals surface area contributed by atoms with E-state index >= 15 is 0 Å². The van der Waals surface area contributed by atoms with E-state index in [-0.39, 0.29) is 16.3 Å². The number of benzene rings is 1. The van der Waals surface area contributed by atoms with Crippen LogP contribution in [-0.4, -0.2) is 5.11 Å². The van der Waals surface area contributed by atoms with E-state index in [1.807, 2.05) is 20.8 Å². The minimum absolute atomic E-state index is 0.0306. The van der Waals surface area contributed by atoms with Gasteiger partial charge in [0.25, 0.3) is 0 Å². The summed E-state index contributed by atoms with van der Waals surface area (Å²) in [5, 5.41) is 9.72. The molecule has 0 fully saturated rings. The predicted octanol–water partition coefficient (Wildman–Crippen LogP) is 3.79. The lowest BCUT2D eigenvalue weighted by Crippen LogP contribution is -2.14. The van der Waals surface area contributed by atoms with E-state index in [2.05, 4.69) is 0 Å². The number of hydrogen-bond acceptors (Lipinski definition) is 1. The van der Waals surface area contributed by atoms with Gasteiger partial charge in [-0.25, -0.2) is 4.39 Å². The zero-order chi connectivity index (χ0) is 11.1. The normalized spacial score (nSPS) is 11.9. The van der Waals surface area contributed by atoms with Crippen LogP contribution < -0.4 is 0 Å². The van der Waals surface area contributed by atoms with E-state index in [0.717, 1.165) is 0 Å². The zero-order valence-electron chi connectivity index (χ0n) is 8.78. The fourth-order valence-corrected chi connectivity index (χ4v) is 1.60. The van der Waals surface area contributed by atoms with Gasteiger partial charge in [0.05, 0.1) is 5.02 Å². The first kappa shape index (κ1) is 11.3. The first-order valence-corrected chi connectivity index (χ1v) is 4.81. The lowest BCUT2D eigenvalue weighted by atomic mass is 9.85. The summed E-state index contributed by atoms with van der Waals surface area (Å²) >= 11 is 5.77. The van der Waals surface area contributed by atoms with Crippen LogP contribution in [0.2, 0.25) is 5.02 Å². The summed E-state index contributed by atoms with van der Waals surface area (Å²) in [5.74, 6) is -0.548. The second-order valence-electron chi connectivity index (χ2n) is 4.47. The number of hydrogen-bond donors (Lipinski definition) is 1. The standard InChI is InChI=1S/C11H14ClFO/c1-6-5-7(14)8(11(2,3)4)10(13)9(6)12/h5,14H,1-4H3. The molecule has 0 aliphatic carbocycles. The van der Waals surface area contributed by atoms with E-state index in [0.29, 0.717) is 5.56 Å². The number of phenols is 1. The van der Waals surface area contributed by atoms with Gasteiger partial charge in [0.15, 0.2) is 0 Å². The SMILES string of the molecule is Cc1cc(O)c(C(C)(C)C)c(F)c1Cl. The van der Waals surface area contributed by atoms with Gasteiger partial charge in [-0.1, -0.05) is 32.4 Å². The number of aromatic hydroxyl groups is 1. The largest absolute Gasteiger partial charge is 0.508 e. The van der Waals surface area contributed by atoms with Gasteiger partial charge in [-0.05, 0) is 24.0 Å². The molecule has 0 unspecified atom stereocenters. The highest BCUT2D eigenvalue weighted by Gasteiger charge is 2.25. The van der Waals surface area contributed by atoms with Gasteiger partial charge in [-0.3, -0.25) is 0 Å². The molecule has 3 heteroatoms. The Kier molecular flexibility index (Phi) is 2.77. The molecule has 0 spiro atoms. The molecule has 0 saturated carbocycles. The number of halogens is 2. The molecule has 0 radical (unpaired) electrons. The van der Waals surface area contributed by atoms with Crippen molar-refractivity contribution in [2.45, 2.75) is 33.1 Å². The lowest BCUT2D eigenvalue weighted by Gasteiger charge is -2.22. The Hall–Kier alpha value is -0.760. The average molecular weight is 217 g/mol. The third kappa shape index (κ3) is 1.85. The third-order valence-corrected chi connectivity index (χ3v) is 2.58. The second kappa shape index (κ2) is 3.43. The Balaban J connectivity index is 3.53.